The minimum Gasteiger partial charge on any atom is -0.364 e. The summed E-state index contributed by atoms with van der Waals surface area (Å²) in [5, 5.41) is 2.78. The SMILES string of the molecule is Cc1ccccc1N1C(=O)/C(=C/c2ccc3c(c2)[C@@H](C)CC(C)(C)N3C(C)C)C(=O)NC1=S. The van der Waals surface area contributed by atoms with Crippen LogP contribution in [0, 0.1) is 6.92 Å². The Hall–Kier alpha value is -2.99. The number of benzene rings is 2. The Bertz CT molecular complexity index is 1180. The van der Waals surface area contributed by atoms with Gasteiger partial charge in [0.25, 0.3) is 11.8 Å². The highest BCUT2D eigenvalue weighted by Crippen LogP contribution is 2.44. The van der Waals surface area contributed by atoms with Gasteiger partial charge in [0, 0.05) is 17.3 Å². The number of aryl methyl sites for hydroxylation is 1. The minimum atomic E-state index is -0.467. The maximum atomic E-state index is 13.4. The Balaban J connectivity index is 1.75. The van der Waals surface area contributed by atoms with Crippen molar-refractivity contribution in [1.82, 2.24) is 5.32 Å². The molecule has 0 saturated carbocycles. The second-order valence-electron chi connectivity index (χ2n) is 9.94. The highest BCUT2D eigenvalue weighted by molar-refractivity contribution is 7.80. The van der Waals surface area contributed by atoms with Gasteiger partial charge in [0.1, 0.15) is 5.57 Å². The predicted molar refractivity (Wildman–Crippen MR) is 139 cm³/mol. The molecule has 2 aromatic carbocycles. The van der Waals surface area contributed by atoms with Crippen LogP contribution in [0.15, 0.2) is 48.0 Å². The van der Waals surface area contributed by atoms with Crippen molar-refractivity contribution < 1.29 is 9.59 Å². The molecule has 0 aromatic heterocycles. The molecule has 172 valence electrons. The van der Waals surface area contributed by atoms with Crippen LogP contribution >= 0.6 is 12.2 Å². The fourth-order valence-corrected chi connectivity index (χ4v) is 5.67. The summed E-state index contributed by atoms with van der Waals surface area (Å²) in [6, 6.07) is 14.1. The normalized spacial score (nSPS) is 21.5. The number of carbonyl (C=O) groups is 2. The molecule has 5 nitrogen and oxygen atoms in total. The monoisotopic (exact) mass is 461 g/mol. The number of rotatable bonds is 3. The average molecular weight is 462 g/mol. The van der Waals surface area contributed by atoms with Crippen LogP contribution in [-0.2, 0) is 9.59 Å². The molecule has 1 saturated heterocycles. The zero-order valence-electron chi connectivity index (χ0n) is 20.1. The molecule has 33 heavy (non-hydrogen) atoms. The van der Waals surface area contributed by atoms with E-state index in [1.54, 1.807) is 6.08 Å². The van der Waals surface area contributed by atoms with Crippen molar-refractivity contribution in [3.05, 3.63) is 64.7 Å². The molecule has 4 rings (SSSR count). The van der Waals surface area contributed by atoms with E-state index in [0.29, 0.717) is 17.6 Å². The van der Waals surface area contributed by atoms with E-state index in [0.717, 1.165) is 17.5 Å². The van der Waals surface area contributed by atoms with Gasteiger partial charge in [-0.05, 0) is 100 Å². The Kier molecular flexibility index (Phi) is 5.91. The molecule has 2 heterocycles. The van der Waals surface area contributed by atoms with E-state index >= 15 is 0 Å². The van der Waals surface area contributed by atoms with E-state index in [9.17, 15) is 9.59 Å². The largest absolute Gasteiger partial charge is 0.364 e. The number of nitrogens with zero attached hydrogens (tertiary/aromatic N) is 2. The zero-order chi connectivity index (χ0) is 24.1. The van der Waals surface area contributed by atoms with Gasteiger partial charge in [-0.3, -0.25) is 19.8 Å². The molecule has 0 aliphatic carbocycles. The van der Waals surface area contributed by atoms with Crippen molar-refractivity contribution in [2.24, 2.45) is 0 Å². The molecule has 0 unspecified atom stereocenters. The number of thiocarbonyl (C=S) groups is 1. The fourth-order valence-electron chi connectivity index (χ4n) is 5.39. The van der Waals surface area contributed by atoms with Crippen LogP contribution in [-0.4, -0.2) is 28.5 Å². The molecule has 1 atom stereocenters. The Morgan fingerprint density at radius 2 is 1.82 bits per heavy atom. The maximum Gasteiger partial charge on any atom is 0.270 e. The molecule has 0 bridgehead atoms. The summed E-state index contributed by atoms with van der Waals surface area (Å²) in [6.45, 7) is 13.2. The lowest BCUT2D eigenvalue weighted by Crippen LogP contribution is -2.54. The van der Waals surface area contributed by atoms with Crippen LogP contribution in [0.2, 0.25) is 0 Å². The molecule has 0 radical (unpaired) electrons. The second kappa shape index (κ2) is 8.41. The quantitative estimate of drug-likeness (QED) is 0.382. The van der Waals surface area contributed by atoms with Crippen LogP contribution in [0.4, 0.5) is 11.4 Å². The summed E-state index contributed by atoms with van der Waals surface area (Å²) in [7, 11) is 0. The minimum absolute atomic E-state index is 0.0591. The Morgan fingerprint density at radius 3 is 2.48 bits per heavy atom. The van der Waals surface area contributed by atoms with Gasteiger partial charge in [-0.2, -0.15) is 0 Å². The van der Waals surface area contributed by atoms with Gasteiger partial charge >= 0.3 is 0 Å². The number of nitrogens with one attached hydrogen (secondary N) is 1. The molecule has 0 spiro atoms. The predicted octanol–water partition coefficient (Wildman–Crippen LogP) is 5.33. The number of hydrogen-bond acceptors (Lipinski definition) is 4. The zero-order valence-corrected chi connectivity index (χ0v) is 20.9. The first kappa shape index (κ1) is 23.2. The first-order chi connectivity index (χ1) is 15.5. The third-order valence-electron chi connectivity index (χ3n) is 6.59. The van der Waals surface area contributed by atoms with Crippen molar-refractivity contribution in [2.45, 2.75) is 65.5 Å². The van der Waals surface area contributed by atoms with E-state index in [-0.39, 0.29) is 16.2 Å². The van der Waals surface area contributed by atoms with Crippen LogP contribution in [0.3, 0.4) is 0 Å². The summed E-state index contributed by atoms with van der Waals surface area (Å²) in [4.78, 5) is 30.0. The van der Waals surface area contributed by atoms with Crippen molar-refractivity contribution in [3.8, 4) is 0 Å². The summed E-state index contributed by atoms with van der Waals surface area (Å²) in [5.41, 5.74) is 5.01. The van der Waals surface area contributed by atoms with E-state index in [2.05, 4.69) is 57.0 Å². The van der Waals surface area contributed by atoms with Crippen LogP contribution in [0.25, 0.3) is 6.08 Å². The van der Waals surface area contributed by atoms with Crippen LogP contribution in [0.5, 0.6) is 0 Å². The van der Waals surface area contributed by atoms with Crippen molar-refractivity contribution >= 4 is 46.6 Å². The maximum absolute atomic E-state index is 13.4. The second-order valence-corrected chi connectivity index (χ2v) is 10.3. The summed E-state index contributed by atoms with van der Waals surface area (Å²) >= 11 is 5.34. The van der Waals surface area contributed by atoms with Crippen molar-refractivity contribution in [2.75, 3.05) is 9.80 Å². The Labute approximate surface area is 201 Å². The number of amides is 2. The smallest absolute Gasteiger partial charge is 0.270 e. The third kappa shape index (κ3) is 4.08. The summed E-state index contributed by atoms with van der Waals surface area (Å²) < 4.78 is 0. The molecule has 2 amide bonds. The first-order valence-corrected chi connectivity index (χ1v) is 11.8. The van der Waals surface area contributed by atoms with Gasteiger partial charge in [0.2, 0.25) is 0 Å². The molecular weight excluding hydrogens is 430 g/mol. The number of fused-ring (bicyclic) bond motifs is 1. The highest BCUT2D eigenvalue weighted by Gasteiger charge is 2.38. The first-order valence-electron chi connectivity index (χ1n) is 11.4. The summed E-state index contributed by atoms with van der Waals surface area (Å²) in [6.07, 6.45) is 2.71. The van der Waals surface area contributed by atoms with Crippen LogP contribution < -0.4 is 15.1 Å². The highest BCUT2D eigenvalue weighted by atomic mass is 32.1. The number of anilines is 2. The van der Waals surface area contributed by atoms with Gasteiger partial charge in [0.15, 0.2) is 5.11 Å². The number of hydrogen-bond donors (Lipinski definition) is 1. The van der Waals surface area contributed by atoms with E-state index in [4.69, 9.17) is 12.2 Å². The molecule has 1 fully saturated rings. The molecule has 2 aliphatic heterocycles. The van der Waals surface area contributed by atoms with E-state index in [1.165, 1.54) is 16.2 Å². The lowest BCUT2D eigenvalue weighted by Gasteiger charge is -2.50. The van der Waals surface area contributed by atoms with Gasteiger partial charge in [-0.15, -0.1) is 0 Å². The molecule has 2 aromatic rings. The third-order valence-corrected chi connectivity index (χ3v) is 6.87. The summed E-state index contributed by atoms with van der Waals surface area (Å²) in [5.74, 6) is -0.505. The van der Waals surface area contributed by atoms with E-state index < -0.39 is 11.8 Å². The Morgan fingerprint density at radius 1 is 1.12 bits per heavy atom. The average Bonchev–Trinajstić information content (AvgIpc) is 2.71. The molecular formula is C27H31N3O2S. The van der Waals surface area contributed by atoms with Gasteiger partial charge in [0.05, 0.1) is 5.69 Å². The van der Waals surface area contributed by atoms with E-state index in [1.807, 2.05) is 37.3 Å². The topological polar surface area (TPSA) is 52.7 Å². The lowest BCUT2D eigenvalue weighted by atomic mass is 9.78. The van der Waals surface area contributed by atoms with Gasteiger partial charge in [-0.1, -0.05) is 31.2 Å². The molecule has 6 heteroatoms. The number of para-hydroxylation sites is 1. The van der Waals surface area contributed by atoms with Gasteiger partial charge in [-0.25, -0.2) is 0 Å². The van der Waals surface area contributed by atoms with Crippen molar-refractivity contribution in [3.63, 3.8) is 0 Å². The number of carbonyl (C=O) groups excluding carboxylic acids is 2. The van der Waals surface area contributed by atoms with Gasteiger partial charge < -0.3 is 4.90 Å². The fraction of sp³-hybridized carbons (Fsp3) is 0.370. The van der Waals surface area contributed by atoms with Crippen LogP contribution in [0.1, 0.15) is 63.6 Å². The molecule has 2 aliphatic rings. The van der Waals surface area contributed by atoms with Crippen molar-refractivity contribution in [1.29, 1.82) is 0 Å². The molecule has 1 N–H and O–H groups in total. The standard InChI is InChI=1S/C27H31N3O2S/c1-16(2)30-23-12-11-19(13-20(23)18(4)15-27(30,5)6)14-21-24(31)28-26(33)29(25(21)32)22-10-8-7-9-17(22)3/h7-14,16,18H,15H2,1-6H3,(H,28,31,33)/b21-14+/t18-/m0/s1. The lowest BCUT2D eigenvalue weighted by molar-refractivity contribution is -0.122.